The lowest BCUT2D eigenvalue weighted by atomic mass is 10.2. The zero-order chi connectivity index (χ0) is 17.2. The first-order valence-corrected chi connectivity index (χ1v) is 7.25. The molecule has 126 valence electrons. The third kappa shape index (κ3) is 7.39. The topological polar surface area (TPSA) is 135 Å². The van der Waals surface area contributed by atoms with Gasteiger partial charge in [-0.3, -0.25) is 9.59 Å². The van der Waals surface area contributed by atoms with E-state index in [9.17, 15) is 19.5 Å². The van der Waals surface area contributed by atoms with E-state index in [-0.39, 0.29) is 18.9 Å². The van der Waals surface area contributed by atoms with Crippen molar-refractivity contribution < 1.29 is 29.9 Å². The quantitative estimate of drug-likeness (QED) is 0.391. The van der Waals surface area contributed by atoms with Crippen LogP contribution in [-0.4, -0.2) is 42.1 Å². The molecule has 1 aromatic carbocycles. The summed E-state index contributed by atoms with van der Waals surface area (Å²) in [5.74, 6) is -1.97. The molecule has 0 heterocycles. The molecule has 0 spiro atoms. The molecule has 5 N–H and O–H groups in total. The summed E-state index contributed by atoms with van der Waals surface area (Å²) in [6.07, 6.45) is 0.206. The molecule has 1 atom stereocenters. The highest BCUT2D eigenvalue weighted by atomic mass is 16.4. The molecule has 0 saturated heterocycles. The molecule has 8 nitrogen and oxygen atoms in total. The minimum Gasteiger partial charge on any atom is -0.544 e. The van der Waals surface area contributed by atoms with E-state index in [1.54, 1.807) is 24.3 Å². The summed E-state index contributed by atoms with van der Waals surface area (Å²) in [5, 5.41) is 26.3. The highest BCUT2D eigenvalue weighted by Crippen LogP contribution is 2.13. The van der Waals surface area contributed by atoms with Gasteiger partial charge in [-0.25, -0.2) is 0 Å². The molecule has 1 aromatic rings. The van der Waals surface area contributed by atoms with E-state index in [1.807, 2.05) is 0 Å². The molecule has 8 heteroatoms. The number of rotatable bonds is 9. The summed E-state index contributed by atoms with van der Waals surface area (Å²) in [6, 6.07) is 5.46. The van der Waals surface area contributed by atoms with Crippen LogP contribution in [0.1, 0.15) is 19.8 Å². The maximum atomic E-state index is 11.9. The smallest absolute Gasteiger partial charge is 0.230 e. The number of amides is 2. The van der Waals surface area contributed by atoms with Gasteiger partial charge in [0.2, 0.25) is 11.8 Å². The molecular formula is C15H21N3O5. The molecular weight excluding hydrogens is 302 g/mol. The van der Waals surface area contributed by atoms with Crippen molar-refractivity contribution in [2.75, 3.05) is 23.8 Å². The molecule has 2 amide bonds. The molecule has 0 aliphatic heterocycles. The van der Waals surface area contributed by atoms with Crippen LogP contribution in [-0.2, 0) is 14.4 Å². The van der Waals surface area contributed by atoms with E-state index >= 15 is 0 Å². The maximum absolute atomic E-state index is 11.9. The van der Waals surface area contributed by atoms with E-state index in [0.717, 1.165) is 0 Å². The number of aliphatic hydroxyl groups excluding tert-OH is 1. The molecule has 0 aliphatic carbocycles. The minimum absolute atomic E-state index is 0.0386. The number of benzene rings is 1. The molecule has 0 aromatic heterocycles. The Labute approximate surface area is 133 Å². The van der Waals surface area contributed by atoms with E-state index in [0.29, 0.717) is 24.3 Å². The van der Waals surface area contributed by atoms with Crippen LogP contribution in [0.3, 0.4) is 0 Å². The van der Waals surface area contributed by atoms with Crippen molar-refractivity contribution >= 4 is 29.2 Å². The van der Waals surface area contributed by atoms with Crippen LogP contribution in [0.5, 0.6) is 0 Å². The first-order chi connectivity index (χ1) is 10.9. The molecule has 1 rings (SSSR count). The average Bonchev–Trinajstić information content (AvgIpc) is 2.47. The fourth-order valence-corrected chi connectivity index (χ4v) is 1.93. The second-order valence-corrected chi connectivity index (χ2v) is 5.04. The number of carbonyl (C=O) groups is 3. The number of aliphatic hydroxyl groups is 1. The first-order valence-electron chi connectivity index (χ1n) is 7.25. The number of anilines is 2. The Bertz CT molecular complexity index is 545. The summed E-state index contributed by atoms with van der Waals surface area (Å²) < 4.78 is 0. The van der Waals surface area contributed by atoms with Gasteiger partial charge in [0.1, 0.15) is 6.04 Å². The largest absolute Gasteiger partial charge is 0.544 e. The molecule has 0 radical (unpaired) electrons. The van der Waals surface area contributed by atoms with E-state index < -0.39 is 17.9 Å². The van der Waals surface area contributed by atoms with Gasteiger partial charge in [0.05, 0.1) is 18.9 Å². The second kappa shape index (κ2) is 9.54. The van der Waals surface area contributed by atoms with Crippen LogP contribution < -0.4 is 21.1 Å². The summed E-state index contributed by atoms with van der Waals surface area (Å²) in [4.78, 5) is 33.8. The standard InChI is InChI=1S/C15H21N3O5/c1-10(20)17-11-3-5-12(6-4-11)18-14(21)9-13(15(22)23)16-7-2-8-19/h3-6,13,16,19H,2,7-9H2,1H3,(H,17,20)(H,18,21)(H,22,23)/t13-/m1/s1. The van der Waals surface area contributed by atoms with Crippen LogP contribution >= 0.6 is 0 Å². The number of carbonyl (C=O) groups excluding carboxylic acids is 3. The van der Waals surface area contributed by atoms with Crippen LogP contribution in [0.4, 0.5) is 11.4 Å². The third-order valence-electron chi connectivity index (χ3n) is 3.01. The lowest BCUT2D eigenvalue weighted by Gasteiger charge is -2.16. The maximum Gasteiger partial charge on any atom is 0.230 e. The second-order valence-electron chi connectivity index (χ2n) is 5.04. The number of hydrogen-bond donors (Lipinski definition) is 4. The SMILES string of the molecule is CC(=O)Nc1ccc(NC(=O)C[C@@H]([NH2+]CCCO)C(=O)[O-])cc1. The highest BCUT2D eigenvalue weighted by Gasteiger charge is 2.18. The molecule has 0 unspecified atom stereocenters. The van der Waals surface area contributed by atoms with E-state index in [2.05, 4.69) is 10.6 Å². The van der Waals surface area contributed by atoms with Crippen molar-refractivity contribution in [3.05, 3.63) is 24.3 Å². The number of quaternary nitrogens is 1. The molecule has 0 saturated carbocycles. The van der Waals surface area contributed by atoms with E-state index in [4.69, 9.17) is 5.11 Å². The predicted octanol–water partition coefficient (Wildman–Crippen LogP) is -1.96. The molecule has 0 fully saturated rings. The van der Waals surface area contributed by atoms with Crippen molar-refractivity contribution in [3.63, 3.8) is 0 Å². The van der Waals surface area contributed by atoms with Crippen LogP contribution in [0.25, 0.3) is 0 Å². The molecule has 0 bridgehead atoms. The molecule has 0 aliphatic rings. The van der Waals surface area contributed by atoms with E-state index in [1.165, 1.54) is 12.2 Å². The fraction of sp³-hybridized carbons (Fsp3) is 0.400. The average molecular weight is 323 g/mol. The normalized spacial score (nSPS) is 11.6. The third-order valence-corrected chi connectivity index (χ3v) is 3.01. The van der Waals surface area contributed by atoms with Gasteiger partial charge in [-0.2, -0.15) is 0 Å². The lowest BCUT2D eigenvalue weighted by Crippen LogP contribution is -2.93. The Hall–Kier alpha value is -2.45. The van der Waals surface area contributed by atoms with Crippen molar-refractivity contribution in [1.82, 2.24) is 0 Å². The number of aliphatic carboxylic acids is 1. The number of nitrogens with one attached hydrogen (secondary N) is 2. The predicted molar refractivity (Wildman–Crippen MR) is 81.3 cm³/mol. The highest BCUT2D eigenvalue weighted by molar-refractivity contribution is 5.94. The Morgan fingerprint density at radius 1 is 1.17 bits per heavy atom. The number of carboxylic acids is 1. The summed E-state index contributed by atoms with van der Waals surface area (Å²) in [5.41, 5.74) is 1.09. The van der Waals surface area contributed by atoms with Gasteiger partial charge < -0.3 is 31.0 Å². The van der Waals surface area contributed by atoms with Gasteiger partial charge in [-0.15, -0.1) is 0 Å². The Morgan fingerprint density at radius 3 is 2.22 bits per heavy atom. The fourth-order valence-electron chi connectivity index (χ4n) is 1.93. The van der Waals surface area contributed by atoms with Crippen LogP contribution in [0.15, 0.2) is 24.3 Å². The zero-order valence-electron chi connectivity index (χ0n) is 12.9. The van der Waals surface area contributed by atoms with Gasteiger partial charge >= 0.3 is 0 Å². The first kappa shape index (κ1) is 18.6. The monoisotopic (exact) mass is 323 g/mol. The van der Waals surface area contributed by atoms with Gasteiger partial charge in [0, 0.05) is 31.3 Å². The summed E-state index contributed by atoms with van der Waals surface area (Å²) in [7, 11) is 0. The summed E-state index contributed by atoms with van der Waals surface area (Å²) >= 11 is 0. The van der Waals surface area contributed by atoms with Gasteiger partial charge in [0.25, 0.3) is 0 Å². The Balaban J connectivity index is 2.53. The van der Waals surface area contributed by atoms with Gasteiger partial charge in [-0.1, -0.05) is 0 Å². The zero-order valence-corrected chi connectivity index (χ0v) is 12.9. The van der Waals surface area contributed by atoms with Gasteiger partial charge in [0.15, 0.2) is 0 Å². The minimum atomic E-state index is -1.32. The Morgan fingerprint density at radius 2 is 1.74 bits per heavy atom. The van der Waals surface area contributed by atoms with Gasteiger partial charge in [-0.05, 0) is 24.3 Å². The Kier molecular flexibility index (Phi) is 7.72. The van der Waals surface area contributed by atoms with Crippen molar-refractivity contribution in [3.8, 4) is 0 Å². The lowest BCUT2D eigenvalue weighted by molar-refractivity contribution is -0.682. The number of nitrogens with two attached hydrogens (primary N) is 1. The number of hydrogen-bond acceptors (Lipinski definition) is 5. The van der Waals surface area contributed by atoms with Crippen molar-refractivity contribution in [2.24, 2.45) is 0 Å². The van der Waals surface area contributed by atoms with Crippen LogP contribution in [0.2, 0.25) is 0 Å². The van der Waals surface area contributed by atoms with Crippen molar-refractivity contribution in [1.29, 1.82) is 0 Å². The number of carboxylic acid groups (broad SMARTS) is 1. The summed E-state index contributed by atoms with van der Waals surface area (Å²) in [6.45, 7) is 1.75. The van der Waals surface area contributed by atoms with Crippen LogP contribution in [0, 0.1) is 0 Å². The van der Waals surface area contributed by atoms with Crippen molar-refractivity contribution in [2.45, 2.75) is 25.8 Å². The molecule has 23 heavy (non-hydrogen) atoms.